The van der Waals surface area contributed by atoms with Gasteiger partial charge in [0.25, 0.3) is 0 Å². The number of amides is 1. The van der Waals surface area contributed by atoms with Crippen LogP contribution in [0.15, 0.2) is 24.3 Å². The molecule has 0 aromatic heterocycles. The van der Waals surface area contributed by atoms with Gasteiger partial charge in [0, 0.05) is 7.11 Å². The molecule has 5 nitrogen and oxygen atoms in total. The number of nitrogens with zero attached hydrogens (tertiary/aromatic N) is 1. The number of carbonyl (C=O) groups excluding carboxylic acids is 1. The molecule has 0 N–H and O–H groups in total. The highest BCUT2D eigenvalue weighted by Crippen LogP contribution is 2.28. The minimum atomic E-state index is -0.249. The molecule has 1 rings (SSSR count). The summed E-state index contributed by atoms with van der Waals surface area (Å²) in [4.78, 5) is 13.4. The van der Waals surface area contributed by atoms with Gasteiger partial charge >= 0.3 is 0 Å². The van der Waals surface area contributed by atoms with E-state index in [1.54, 1.807) is 26.4 Å². The molecule has 1 unspecified atom stereocenters. The average Bonchev–Trinajstić information content (AvgIpc) is 2.47. The van der Waals surface area contributed by atoms with Crippen molar-refractivity contribution in [3.05, 3.63) is 24.3 Å². The smallest absolute Gasteiger partial charge is 0.243 e. The highest BCUT2D eigenvalue weighted by Gasteiger charge is 2.19. The van der Waals surface area contributed by atoms with Crippen molar-refractivity contribution < 1.29 is 19.0 Å². The first-order valence-electron chi connectivity index (χ1n) is 6.24. The van der Waals surface area contributed by atoms with Crippen LogP contribution in [0.4, 0.5) is 5.69 Å². The van der Waals surface area contributed by atoms with E-state index in [1.165, 1.54) is 4.90 Å². The summed E-state index contributed by atoms with van der Waals surface area (Å²) in [6, 6.07) is 7.22. The molecule has 0 aliphatic heterocycles. The summed E-state index contributed by atoms with van der Waals surface area (Å²) in [6.07, 6.45) is -0.125. The summed E-state index contributed by atoms with van der Waals surface area (Å²) < 4.78 is 15.8. The van der Waals surface area contributed by atoms with E-state index in [0.717, 1.165) is 0 Å². The Labute approximate surface area is 124 Å². The zero-order valence-electron chi connectivity index (χ0n) is 12.0. The highest BCUT2D eigenvalue weighted by molar-refractivity contribution is 6.29. The van der Waals surface area contributed by atoms with Crippen LogP contribution >= 0.6 is 11.6 Å². The first kappa shape index (κ1) is 16.8. The molecular weight excluding hydrogens is 282 g/mol. The topological polar surface area (TPSA) is 48.0 Å². The number of carbonyl (C=O) groups is 1. The molecule has 6 heteroatoms. The minimum Gasteiger partial charge on any atom is -0.495 e. The summed E-state index contributed by atoms with van der Waals surface area (Å²) >= 11 is 5.66. The summed E-state index contributed by atoms with van der Waals surface area (Å²) in [5, 5.41) is 0. The fourth-order valence-corrected chi connectivity index (χ4v) is 1.83. The van der Waals surface area contributed by atoms with Gasteiger partial charge in [-0.15, -0.1) is 11.6 Å². The summed E-state index contributed by atoms with van der Waals surface area (Å²) in [5.41, 5.74) is 0.630. The van der Waals surface area contributed by atoms with Gasteiger partial charge in [-0.05, 0) is 19.1 Å². The SMILES string of the molecule is COCC(C)OCN(C(=O)CCl)c1ccccc1OC. The number of alkyl halides is 1. The fourth-order valence-electron chi connectivity index (χ4n) is 1.69. The van der Waals surface area contributed by atoms with Gasteiger partial charge in [-0.1, -0.05) is 12.1 Å². The highest BCUT2D eigenvalue weighted by atomic mass is 35.5. The number of hydrogen-bond donors (Lipinski definition) is 0. The number of anilines is 1. The van der Waals surface area contributed by atoms with Gasteiger partial charge in [-0.25, -0.2) is 0 Å². The average molecular weight is 302 g/mol. The normalized spacial score (nSPS) is 12.0. The second kappa shape index (κ2) is 8.79. The summed E-state index contributed by atoms with van der Waals surface area (Å²) in [6.45, 7) is 2.42. The van der Waals surface area contributed by atoms with Crippen molar-refractivity contribution in [3.63, 3.8) is 0 Å². The lowest BCUT2D eigenvalue weighted by atomic mass is 10.2. The predicted molar refractivity (Wildman–Crippen MR) is 78.5 cm³/mol. The first-order valence-corrected chi connectivity index (χ1v) is 6.77. The Morgan fingerprint density at radius 1 is 1.35 bits per heavy atom. The Bertz CT molecular complexity index is 427. The van der Waals surface area contributed by atoms with E-state index >= 15 is 0 Å². The number of para-hydroxylation sites is 2. The predicted octanol–water partition coefficient (Wildman–Crippen LogP) is 2.28. The number of rotatable bonds is 8. The van der Waals surface area contributed by atoms with Crippen LogP contribution in [0.25, 0.3) is 0 Å². The Kier molecular flexibility index (Phi) is 7.36. The van der Waals surface area contributed by atoms with Gasteiger partial charge in [0.2, 0.25) is 5.91 Å². The van der Waals surface area contributed by atoms with E-state index in [-0.39, 0.29) is 24.6 Å². The zero-order chi connectivity index (χ0) is 15.0. The molecule has 0 aliphatic carbocycles. The summed E-state index contributed by atoms with van der Waals surface area (Å²) in [5.74, 6) is 0.217. The molecular formula is C14H20ClNO4. The van der Waals surface area contributed by atoms with Crippen LogP contribution in [-0.2, 0) is 14.3 Å². The van der Waals surface area contributed by atoms with Crippen molar-refractivity contribution in [2.24, 2.45) is 0 Å². The van der Waals surface area contributed by atoms with Crippen LogP contribution in [0.3, 0.4) is 0 Å². The van der Waals surface area contributed by atoms with E-state index in [4.69, 9.17) is 25.8 Å². The molecule has 0 heterocycles. The Hall–Kier alpha value is -1.30. The molecule has 1 amide bonds. The van der Waals surface area contributed by atoms with Crippen molar-refractivity contribution in [1.82, 2.24) is 0 Å². The molecule has 1 aromatic rings. The third-order valence-corrected chi connectivity index (χ3v) is 2.91. The van der Waals surface area contributed by atoms with Gasteiger partial charge in [-0.3, -0.25) is 9.69 Å². The van der Waals surface area contributed by atoms with Gasteiger partial charge in [-0.2, -0.15) is 0 Å². The molecule has 112 valence electrons. The second-order valence-electron chi connectivity index (χ2n) is 4.19. The maximum absolute atomic E-state index is 12.0. The summed E-state index contributed by atoms with van der Waals surface area (Å²) in [7, 11) is 3.15. The zero-order valence-corrected chi connectivity index (χ0v) is 12.7. The first-order chi connectivity index (χ1) is 9.63. The maximum atomic E-state index is 12.0. The monoisotopic (exact) mass is 301 g/mol. The molecule has 0 radical (unpaired) electrons. The number of benzene rings is 1. The van der Waals surface area contributed by atoms with Crippen LogP contribution < -0.4 is 9.64 Å². The van der Waals surface area contributed by atoms with Gasteiger partial charge < -0.3 is 14.2 Å². The van der Waals surface area contributed by atoms with E-state index in [9.17, 15) is 4.79 Å². The Balaban J connectivity index is 2.86. The van der Waals surface area contributed by atoms with E-state index < -0.39 is 0 Å². The molecule has 0 saturated carbocycles. The van der Waals surface area contributed by atoms with Crippen molar-refractivity contribution in [2.45, 2.75) is 13.0 Å². The lowest BCUT2D eigenvalue weighted by Gasteiger charge is -2.25. The van der Waals surface area contributed by atoms with Crippen LogP contribution in [0.1, 0.15) is 6.92 Å². The third-order valence-electron chi connectivity index (χ3n) is 2.68. The van der Waals surface area contributed by atoms with Crippen LogP contribution in [0, 0.1) is 0 Å². The van der Waals surface area contributed by atoms with Crippen molar-refractivity contribution in [3.8, 4) is 5.75 Å². The fraction of sp³-hybridized carbons (Fsp3) is 0.500. The molecule has 1 aromatic carbocycles. The third kappa shape index (κ3) is 4.67. The second-order valence-corrected chi connectivity index (χ2v) is 4.46. The Morgan fingerprint density at radius 2 is 2.05 bits per heavy atom. The number of methoxy groups -OCH3 is 2. The van der Waals surface area contributed by atoms with Crippen LogP contribution in [0.2, 0.25) is 0 Å². The Morgan fingerprint density at radius 3 is 2.65 bits per heavy atom. The molecule has 0 spiro atoms. The maximum Gasteiger partial charge on any atom is 0.243 e. The standard InChI is InChI=1S/C14H20ClNO4/c1-11(9-18-2)20-10-16(14(17)8-15)12-6-4-5-7-13(12)19-3/h4-7,11H,8-10H2,1-3H3. The number of hydrogen-bond acceptors (Lipinski definition) is 4. The van der Waals surface area contributed by atoms with Gasteiger partial charge in [0.05, 0.1) is 25.5 Å². The van der Waals surface area contributed by atoms with Crippen molar-refractivity contribution in [2.75, 3.05) is 38.3 Å². The molecule has 0 saturated heterocycles. The lowest BCUT2D eigenvalue weighted by Crippen LogP contribution is -2.36. The van der Waals surface area contributed by atoms with Crippen molar-refractivity contribution >= 4 is 23.2 Å². The minimum absolute atomic E-state index is 0.0937. The molecule has 0 fully saturated rings. The molecule has 0 aliphatic rings. The lowest BCUT2D eigenvalue weighted by molar-refractivity contribution is -0.118. The number of ether oxygens (including phenoxy) is 3. The largest absolute Gasteiger partial charge is 0.495 e. The van der Waals surface area contributed by atoms with Crippen LogP contribution in [-0.4, -0.2) is 45.4 Å². The molecule has 1 atom stereocenters. The quantitative estimate of drug-likeness (QED) is 0.546. The van der Waals surface area contributed by atoms with Gasteiger partial charge in [0.1, 0.15) is 18.4 Å². The van der Waals surface area contributed by atoms with Crippen molar-refractivity contribution in [1.29, 1.82) is 0 Å². The molecule has 20 heavy (non-hydrogen) atoms. The van der Waals surface area contributed by atoms with E-state index in [2.05, 4.69) is 0 Å². The van der Waals surface area contributed by atoms with E-state index in [0.29, 0.717) is 18.0 Å². The molecule has 0 bridgehead atoms. The van der Waals surface area contributed by atoms with Gasteiger partial charge in [0.15, 0.2) is 0 Å². The van der Waals surface area contributed by atoms with Crippen LogP contribution in [0.5, 0.6) is 5.75 Å². The van der Waals surface area contributed by atoms with E-state index in [1.807, 2.05) is 19.1 Å². The number of halogens is 1.